The number of carbonyl (C=O) groups excluding carboxylic acids is 1. The maximum atomic E-state index is 12.5. The van der Waals surface area contributed by atoms with E-state index in [-0.39, 0.29) is 12.2 Å². The highest BCUT2D eigenvalue weighted by atomic mass is 35.5. The largest absolute Gasteiger partial charge is 0.492 e. The summed E-state index contributed by atoms with van der Waals surface area (Å²) in [7, 11) is 0. The molecule has 0 aliphatic carbocycles. The van der Waals surface area contributed by atoms with Crippen LogP contribution in [0.15, 0.2) is 42.5 Å². The van der Waals surface area contributed by atoms with Gasteiger partial charge in [0.15, 0.2) is 6.29 Å². The van der Waals surface area contributed by atoms with Crippen LogP contribution in [-0.4, -0.2) is 49.9 Å². The molecule has 1 amide bonds. The lowest BCUT2D eigenvalue weighted by Crippen LogP contribution is -2.25. The van der Waals surface area contributed by atoms with E-state index in [1.54, 1.807) is 18.2 Å². The van der Waals surface area contributed by atoms with Crippen molar-refractivity contribution in [3.63, 3.8) is 0 Å². The second kappa shape index (κ2) is 11.5. The van der Waals surface area contributed by atoms with E-state index < -0.39 is 0 Å². The van der Waals surface area contributed by atoms with Crippen molar-refractivity contribution in [3.8, 4) is 11.5 Å². The molecule has 1 N–H and O–H groups in total. The average molecular weight is 459 g/mol. The highest BCUT2D eigenvalue weighted by Gasteiger charge is 2.16. The minimum atomic E-state index is -0.211. The highest BCUT2D eigenvalue weighted by Crippen LogP contribution is 2.25. The van der Waals surface area contributed by atoms with Crippen LogP contribution < -0.4 is 14.8 Å². The number of rotatable bonds is 9. The molecule has 2 aliphatic rings. The molecule has 172 valence electrons. The number of hydrogen-bond donors (Lipinski definition) is 1. The molecule has 0 bridgehead atoms. The number of nitrogens with one attached hydrogen (secondary N) is 1. The number of hydrogen-bond acceptors (Lipinski definition) is 5. The molecule has 0 spiro atoms. The molecule has 2 aromatic carbocycles. The molecule has 2 heterocycles. The predicted molar refractivity (Wildman–Crippen MR) is 124 cm³/mol. The summed E-state index contributed by atoms with van der Waals surface area (Å²) in [5.41, 5.74) is 1.42. The number of amides is 1. The summed E-state index contributed by atoms with van der Waals surface area (Å²) in [5.74, 6) is 1.30. The van der Waals surface area contributed by atoms with E-state index in [0.29, 0.717) is 29.5 Å². The van der Waals surface area contributed by atoms with Gasteiger partial charge in [0.25, 0.3) is 5.91 Å². The average Bonchev–Trinajstić information content (AvgIpc) is 3.33. The Hall–Kier alpha value is -2.28. The molecular weight excluding hydrogens is 428 g/mol. The van der Waals surface area contributed by atoms with E-state index in [0.717, 1.165) is 56.8 Å². The normalized spacial score (nSPS) is 19.0. The van der Waals surface area contributed by atoms with Gasteiger partial charge in [0.05, 0.1) is 6.61 Å². The van der Waals surface area contributed by atoms with E-state index >= 15 is 0 Å². The number of nitrogens with zero attached hydrogens (tertiary/aromatic N) is 1. The van der Waals surface area contributed by atoms with Crippen molar-refractivity contribution in [2.75, 3.05) is 32.8 Å². The van der Waals surface area contributed by atoms with Gasteiger partial charge >= 0.3 is 0 Å². The zero-order valence-corrected chi connectivity index (χ0v) is 19.1. The minimum Gasteiger partial charge on any atom is -0.492 e. The Kier molecular flexibility index (Phi) is 8.26. The molecule has 4 rings (SSSR count). The lowest BCUT2D eigenvalue weighted by atomic mass is 10.1. The Morgan fingerprint density at radius 1 is 1.06 bits per heavy atom. The lowest BCUT2D eigenvalue weighted by Gasteiger charge is -2.23. The zero-order valence-electron chi connectivity index (χ0n) is 18.4. The van der Waals surface area contributed by atoms with Gasteiger partial charge in [-0.25, -0.2) is 0 Å². The van der Waals surface area contributed by atoms with Crippen molar-refractivity contribution in [1.82, 2.24) is 10.2 Å². The van der Waals surface area contributed by atoms with Crippen LogP contribution in [0.5, 0.6) is 11.5 Å². The Labute approximate surface area is 194 Å². The van der Waals surface area contributed by atoms with Crippen molar-refractivity contribution in [1.29, 1.82) is 0 Å². The first-order chi connectivity index (χ1) is 15.7. The molecule has 0 aromatic heterocycles. The maximum absolute atomic E-state index is 12.5. The van der Waals surface area contributed by atoms with Crippen molar-refractivity contribution in [3.05, 3.63) is 58.6 Å². The van der Waals surface area contributed by atoms with E-state index in [1.807, 2.05) is 24.3 Å². The Morgan fingerprint density at radius 2 is 1.84 bits per heavy atom. The third kappa shape index (κ3) is 6.61. The first-order valence-electron chi connectivity index (χ1n) is 11.5. The van der Waals surface area contributed by atoms with Gasteiger partial charge in [-0.05, 0) is 80.7 Å². The molecule has 2 aromatic rings. The fourth-order valence-corrected chi connectivity index (χ4v) is 4.22. The summed E-state index contributed by atoms with van der Waals surface area (Å²) >= 11 is 6.40. The number of halogens is 1. The molecule has 1 unspecified atom stereocenters. The highest BCUT2D eigenvalue weighted by molar-refractivity contribution is 6.31. The van der Waals surface area contributed by atoms with Crippen molar-refractivity contribution >= 4 is 17.5 Å². The zero-order chi connectivity index (χ0) is 22.2. The van der Waals surface area contributed by atoms with Gasteiger partial charge < -0.3 is 19.5 Å². The molecular formula is C25H31ClN2O4. The quantitative estimate of drug-likeness (QED) is 0.592. The van der Waals surface area contributed by atoms with Crippen molar-refractivity contribution in [2.45, 2.75) is 44.9 Å². The smallest absolute Gasteiger partial charge is 0.251 e. The van der Waals surface area contributed by atoms with Crippen LogP contribution >= 0.6 is 11.6 Å². The summed E-state index contributed by atoms with van der Waals surface area (Å²) in [6.07, 6.45) is 5.42. The van der Waals surface area contributed by atoms with E-state index in [9.17, 15) is 4.79 Å². The fraction of sp³-hybridized carbons (Fsp3) is 0.480. The van der Waals surface area contributed by atoms with Crippen LogP contribution in [0, 0.1) is 0 Å². The van der Waals surface area contributed by atoms with Crippen LogP contribution in [-0.2, 0) is 11.3 Å². The summed E-state index contributed by atoms with van der Waals surface area (Å²) in [4.78, 5) is 14.9. The molecule has 6 nitrogen and oxygen atoms in total. The van der Waals surface area contributed by atoms with Crippen molar-refractivity contribution < 1.29 is 19.0 Å². The van der Waals surface area contributed by atoms with Gasteiger partial charge in [0.2, 0.25) is 0 Å². The molecule has 1 atom stereocenters. The summed E-state index contributed by atoms with van der Waals surface area (Å²) in [6, 6.07) is 12.7. The lowest BCUT2D eigenvalue weighted by molar-refractivity contribution is -0.105. The molecule has 0 radical (unpaired) electrons. The van der Waals surface area contributed by atoms with Gasteiger partial charge in [0, 0.05) is 30.1 Å². The monoisotopic (exact) mass is 458 g/mol. The van der Waals surface area contributed by atoms with Crippen LogP contribution in [0.3, 0.4) is 0 Å². The standard InChI is InChI=1S/C25H31ClN2O4/c26-23-17-22(32-24-5-1-4-15-31-24)11-8-20(23)18-27-25(29)19-6-9-21(10-7-19)30-16-14-28-12-2-3-13-28/h6-11,17,24H,1-5,12-16,18H2,(H,27,29). The van der Waals surface area contributed by atoms with Gasteiger partial charge in [-0.1, -0.05) is 17.7 Å². The second-order valence-electron chi connectivity index (χ2n) is 8.27. The number of carbonyl (C=O) groups is 1. The maximum Gasteiger partial charge on any atom is 0.251 e. The molecule has 32 heavy (non-hydrogen) atoms. The third-order valence-electron chi connectivity index (χ3n) is 5.86. The number of ether oxygens (including phenoxy) is 3. The fourth-order valence-electron chi connectivity index (χ4n) is 3.98. The third-order valence-corrected chi connectivity index (χ3v) is 6.21. The predicted octanol–water partition coefficient (Wildman–Crippen LogP) is 4.65. The topological polar surface area (TPSA) is 60.0 Å². The molecule has 0 saturated carbocycles. The SMILES string of the molecule is O=C(NCc1ccc(OC2CCCCO2)cc1Cl)c1ccc(OCCN2CCCC2)cc1. The Balaban J connectivity index is 1.23. The first kappa shape index (κ1) is 22.9. The van der Waals surface area contributed by atoms with Crippen LogP contribution in [0.1, 0.15) is 48.0 Å². The van der Waals surface area contributed by atoms with E-state index in [4.69, 9.17) is 25.8 Å². The van der Waals surface area contributed by atoms with Crippen LogP contribution in [0.2, 0.25) is 5.02 Å². The Bertz CT molecular complexity index is 878. The molecule has 7 heteroatoms. The first-order valence-corrected chi connectivity index (χ1v) is 11.9. The molecule has 2 saturated heterocycles. The van der Waals surface area contributed by atoms with Gasteiger partial charge in [0.1, 0.15) is 18.1 Å². The summed E-state index contributed by atoms with van der Waals surface area (Å²) in [6.45, 7) is 5.01. The minimum absolute atomic E-state index is 0.152. The molecule has 2 aliphatic heterocycles. The summed E-state index contributed by atoms with van der Waals surface area (Å²) < 4.78 is 17.2. The van der Waals surface area contributed by atoms with E-state index in [1.165, 1.54) is 12.8 Å². The van der Waals surface area contributed by atoms with E-state index in [2.05, 4.69) is 10.2 Å². The van der Waals surface area contributed by atoms with Gasteiger partial charge in [-0.2, -0.15) is 0 Å². The van der Waals surface area contributed by atoms with Gasteiger partial charge in [-0.3, -0.25) is 9.69 Å². The van der Waals surface area contributed by atoms with Crippen LogP contribution in [0.25, 0.3) is 0 Å². The van der Waals surface area contributed by atoms with Gasteiger partial charge in [-0.15, -0.1) is 0 Å². The summed E-state index contributed by atoms with van der Waals surface area (Å²) in [5, 5.41) is 3.48. The number of benzene rings is 2. The van der Waals surface area contributed by atoms with Crippen LogP contribution in [0.4, 0.5) is 0 Å². The van der Waals surface area contributed by atoms with Crippen molar-refractivity contribution in [2.24, 2.45) is 0 Å². The Morgan fingerprint density at radius 3 is 2.56 bits per heavy atom. The molecule has 2 fully saturated rings. The second-order valence-corrected chi connectivity index (χ2v) is 8.68. The number of likely N-dealkylation sites (tertiary alicyclic amines) is 1.